The fourth-order valence-corrected chi connectivity index (χ4v) is 1.84. The van der Waals surface area contributed by atoms with Crippen LogP contribution in [0.25, 0.3) is 0 Å². The summed E-state index contributed by atoms with van der Waals surface area (Å²) in [4.78, 5) is 16.3. The molecule has 2 N–H and O–H groups in total. The quantitative estimate of drug-likeness (QED) is 0.388. The second-order valence-electron chi connectivity index (χ2n) is 4.49. The number of nitrogens with zero attached hydrogens (tertiary/aromatic N) is 2. The zero-order chi connectivity index (χ0) is 15.1. The van der Waals surface area contributed by atoms with Crippen molar-refractivity contribution in [3.05, 3.63) is 29.3 Å². The molecule has 0 saturated carbocycles. The molecule has 1 aromatic carbocycles. The summed E-state index contributed by atoms with van der Waals surface area (Å²) in [5.41, 5.74) is 2.17. The van der Waals surface area contributed by atoms with Gasteiger partial charge < -0.3 is 5.32 Å². The molecule has 0 unspecified atom stereocenters. The summed E-state index contributed by atoms with van der Waals surface area (Å²) in [7, 11) is 0. The van der Waals surface area contributed by atoms with Crippen molar-refractivity contribution in [3.8, 4) is 6.19 Å². The van der Waals surface area contributed by atoms with Gasteiger partial charge in [0.05, 0.1) is 5.69 Å². The zero-order valence-corrected chi connectivity index (χ0v) is 12.8. The van der Waals surface area contributed by atoms with Gasteiger partial charge in [0.25, 0.3) is 5.91 Å². The van der Waals surface area contributed by atoms with E-state index in [0.717, 1.165) is 5.56 Å². The standard InChI is InChI=1S/C14H18N4OS/c1-9(2)17-13(19)11-6-5-10(3)12(7-11)18-14(20-4)16-8-15/h5-7,9H,1-4H3,(H,16,18)(H,17,19). The maximum absolute atomic E-state index is 12.0. The summed E-state index contributed by atoms with van der Waals surface area (Å²) < 4.78 is 0. The Balaban J connectivity index is 3.09. The number of nitriles is 1. The molecule has 0 radical (unpaired) electrons. The molecule has 0 aromatic heterocycles. The largest absolute Gasteiger partial charge is 0.350 e. The van der Waals surface area contributed by atoms with E-state index in [1.54, 1.807) is 12.1 Å². The Morgan fingerprint density at radius 2 is 2.15 bits per heavy atom. The Labute approximate surface area is 123 Å². The molecule has 106 valence electrons. The SMILES string of the molecule is CSC(=Nc1cc(C(=O)NC(C)C)ccc1C)NC#N. The smallest absolute Gasteiger partial charge is 0.251 e. The second kappa shape index (κ2) is 7.56. The van der Waals surface area contributed by atoms with Gasteiger partial charge in [0.2, 0.25) is 0 Å². The third kappa shape index (κ3) is 4.59. The van der Waals surface area contributed by atoms with Crippen LogP contribution in [0.4, 0.5) is 5.69 Å². The van der Waals surface area contributed by atoms with Gasteiger partial charge >= 0.3 is 0 Å². The van der Waals surface area contributed by atoms with Crippen LogP contribution in [-0.4, -0.2) is 23.4 Å². The third-order valence-electron chi connectivity index (χ3n) is 2.47. The average Bonchev–Trinajstić information content (AvgIpc) is 2.39. The number of benzene rings is 1. The number of hydrogen-bond acceptors (Lipinski definition) is 4. The lowest BCUT2D eigenvalue weighted by Gasteiger charge is -2.10. The minimum atomic E-state index is -0.129. The number of aliphatic imine (C=N–C) groups is 1. The van der Waals surface area contributed by atoms with Gasteiger partial charge in [0, 0.05) is 11.6 Å². The van der Waals surface area contributed by atoms with Gasteiger partial charge in [-0.2, -0.15) is 5.26 Å². The van der Waals surface area contributed by atoms with Gasteiger partial charge in [-0.3, -0.25) is 10.1 Å². The highest BCUT2D eigenvalue weighted by Crippen LogP contribution is 2.21. The molecule has 1 amide bonds. The summed E-state index contributed by atoms with van der Waals surface area (Å²) in [6.45, 7) is 5.73. The number of amides is 1. The molecule has 1 aromatic rings. The van der Waals surface area contributed by atoms with Crippen molar-refractivity contribution in [1.29, 1.82) is 5.26 Å². The van der Waals surface area contributed by atoms with Crippen LogP contribution in [0.15, 0.2) is 23.2 Å². The zero-order valence-electron chi connectivity index (χ0n) is 12.0. The molecular weight excluding hydrogens is 272 g/mol. The van der Waals surface area contributed by atoms with E-state index in [1.165, 1.54) is 11.8 Å². The molecule has 0 heterocycles. The van der Waals surface area contributed by atoms with Crippen molar-refractivity contribution in [3.63, 3.8) is 0 Å². The predicted molar refractivity (Wildman–Crippen MR) is 83.1 cm³/mol. The third-order valence-corrected chi connectivity index (χ3v) is 3.05. The number of thioether (sulfide) groups is 1. The monoisotopic (exact) mass is 290 g/mol. The van der Waals surface area contributed by atoms with Crippen LogP contribution < -0.4 is 10.6 Å². The van der Waals surface area contributed by atoms with Crippen LogP contribution in [0.2, 0.25) is 0 Å². The van der Waals surface area contributed by atoms with Crippen molar-refractivity contribution in [1.82, 2.24) is 10.6 Å². The maximum atomic E-state index is 12.0. The van der Waals surface area contributed by atoms with E-state index in [-0.39, 0.29) is 11.9 Å². The van der Waals surface area contributed by atoms with Crippen molar-refractivity contribution in [2.75, 3.05) is 6.26 Å². The van der Waals surface area contributed by atoms with E-state index in [9.17, 15) is 4.79 Å². The van der Waals surface area contributed by atoms with Crippen molar-refractivity contribution < 1.29 is 4.79 Å². The highest BCUT2D eigenvalue weighted by atomic mass is 32.2. The van der Waals surface area contributed by atoms with Gasteiger partial charge in [-0.1, -0.05) is 17.8 Å². The Morgan fingerprint density at radius 3 is 2.70 bits per heavy atom. The number of hydrogen-bond donors (Lipinski definition) is 2. The lowest BCUT2D eigenvalue weighted by molar-refractivity contribution is 0.0943. The average molecular weight is 290 g/mol. The Hall–Kier alpha value is -2.00. The summed E-state index contributed by atoms with van der Waals surface area (Å²) >= 11 is 1.34. The van der Waals surface area contributed by atoms with E-state index in [1.807, 2.05) is 39.3 Å². The molecule has 20 heavy (non-hydrogen) atoms. The lowest BCUT2D eigenvalue weighted by atomic mass is 10.1. The van der Waals surface area contributed by atoms with E-state index in [0.29, 0.717) is 16.4 Å². The molecule has 0 fully saturated rings. The number of amidine groups is 1. The number of rotatable bonds is 3. The minimum absolute atomic E-state index is 0.0813. The van der Waals surface area contributed by atoms with Gasteiger partial charge in [0.1, 0.15) is 0 Å². The Bertz CT molecular complexity index is 561. The van der Waals surface area contributed by atoms with Gasteiger partial charge in [-0.05, 0) is 44.7 Å². The molecule has 0 atom stereocenters. The van der Waals surface area contributed by atoms with E-state index in [2.05, 4.69) is 15.6 Å². The molecule has 0 bridgehead atoms. The topological polar surface area (TPSA) is 77.3 Å². The van der Waals surface area contributed by atoms with E-state index in [4.69, 9.17) is 5.26 Å². The first-order chi connectivity index (χ1) is 9.47. The molecule has 1 rings (SSSR count). The molecular formula is C14H18N4OS. The van der Waals surface area contributed by atoms with Crippen LogP contribution in [0, 0.1) is 18.4 Å². The molecule has 5 nitrogen and oxygen atoms in total. The van der Waals surface area contributed by atoms with E-state index < -0.39 is 0 Å². The normalized spacial score (nSPS) is 11.1. The molecule has 0 spiro atoms. The minimum Gasteiger partial charge on any atom is -0.350 e. The highest BCUT2D eigenvalue weighted by molar-refractivity contribution is 8.13. The van der Waals surface area contributed by atoms with Gasteiger partial charge in [-0.15, -0.1) is 0 Å². The van der Waals surface area contributed by atoms with Crippen LogP contribution in [0.1, 0.15) is 29.8 Å². The number of carbonyl (C=O) groups excluding carboxylic acids is 1. The van der Waals surface area contributed by atoms with Crippen molar-refractivity contribution in [2.24, 2.45) is 4.99 Å². The van der Waals surface area contributed by atoms with E-state index >= 15 is 0 Å². The Morgan fingerprint density at radius 1 is 1.45 bits per heavy atom. The molecule has 6 heteroatoms. The number of nitrogens with one attached hydrogen (secondary N) is 2. The van der Waals surface area contributed by atoms with Crippen molar-refractivity contribution >= 4 is 28.5 Å². The summed E-state index contributed by atoms with van der Waals surface area (Å²) in [5.74, 6) is -0.129. The first-order valence-electron chi connectivity index (χ1n) is 6.17. The second-order valence-corrected chi connectivity index (χ2v) is 5.28. The van der Waals surface area contributed by atoms with Gasteiger partial charge in [0.15, 0.2) is 11.4 Å². The number of carbonyl (C=O) groups is 1. The molecule has 0 aliphatic heterocycles. The molecule has 0 aliphatic rings. The predicted octanol–water partition coefficient (Wildman–Crippen LogP) is 2.55. The first-order valence-corrected chi connectivity index (χ1v) is 7.39. The highest BCUT2D eigenvalue weighted by Gasteiger charge is 2.09. The fourth-order valence-electron chi connectivity index (χ4n) is 1.50. The van der Waals surface area contributed by atoms with Crippen LogP contribution >= 0.6 is 11.8 Å². The first kappa shape index (κ1) is 16.1. The molecule has 0 aliphatic carbocycles. The molecule has 0 saturated heterocycles. The summed E-state index contributed by atoms with van der Waals surface area (Å²) in [5, 5.41) is 14.5. The van der Waals surface area contributed by atoms with Crippen LogP contribution in [0.3, 0.4) is 0 Å². The summed E-state index contributed by atoms with van der Waals surface area (Å²) in [6, 6.07) is 5.42. The van der Waals surface area contributed by atoms with Crippen LogP contribution in [-0.2, 0) is 0 Å². The lowest BCUT2D eigenvalue weighted by Crippen LogP contribution is -2.30. The summed E-state index contributed by atoms with van der Waals surface area (Å²) in [6.07, 6.45) is 3.67. The fraction of sp³-hybridized carbons (Fsp3) is 0.357. The van der Waals surface area contributed by atoms with Gasteiger partial charge in [-0.25, -0.2) is 4.99 Å². The number of aryl methyl sites for hydroxylation is 1. The maximum Gasteiger partial charge on any atom is 0.251 e. The van der Waals surface area contributed by atoms with Crippen molar-refractivity contribution in [2.45, 2.75) is 26.8 Å². The van der Waals surface area contributed by atoms with Crippen LogP contribution in [0.5, 0.6) is 0 Å². The Kier molecular flexibility index (Phi) is 6.07.